The topological polar surface area (TPSA) is 96.3 Å². The summed E-state index contributed by atoms with van der Waals surface area (Å²) in [5.74, 6) is 0.320. The van der Waals surface area contributed by atoms with Gasteiger partial charge in [-0.3, -0.25) is 0 Å². The van der Waals surface area contributed by atoms with Crippen LogP contribution in [0.2, 0.25) is 0 Å². The third-order valence-electron chi connectivity index (χ3n) is 3.57. The van der Waals surface area contributed by atoms with Gasteiger partial charge in [-0.15, -0.1) is 5.10 Å². The third kappa shape index (κ3) is 3.72. The van der Waals surface area contributed by atoms with Gasteiger partial charge in [-0.05, 0) is 18.9 Å². The maximum atomic E-state index is 12.2. The normalized spacial score (nSPS) is 11.1. The van der Waals surface area contributed by atoms with Crippen LogP contribution < -0.4 is 10.7 Å². The molecule has 0 aliphatic rings. The molecule has 3 aromatic rings. The molecular weight excluding hydrogens is 387 g/mol. The Morgan fingerprint density at radius 3 is 2.88 bits per heavy atom. The fourth-order valence-corrected chi connectivity index (χ4v) is 2.61. The van der Waals surface area contributed by atoms with Gasteiger partial charge in [0.1, 0.15) is 5.58 Å². The quantitative estimate of drug-likeness (QED) is 0.285. The van der Waals surface area contributed by atoms with Crippen molar-refractivity contribution < 1.29 is 26.0 Å². The molecule has 25 heavy (non-hydrogen) atoms. The van der Waals surface area contributed by atoms with Crippen molar-refractivity contribution in [3.63, 3.8) is 0 Å². The van der Waals surface area contributed by atoms with Crippen LogP contribution in [0.15, 0.2) is 37.7 Å². The van der Waals surface area contributed by atoms with Crippen LogP contribution in [-0.4, -0.2) is 21.1 Å². The molecule has 9 heteroatoms. The van der Waals surface area contributed by atoms with Crippen LogP contribution in [0.5, 0.6) is 5.75 Å². The first kappa shape index (κ1) is 19.1. The molecule has 2 aromatic heterocycles. The van der Waals surface area contributed by atoms with E-state index in [1.807, 2.05) is 6.92 Å². The molecule has 0 N–H and O–H groups in total. The average molecular weight is 401 g/mol. The van der Waals surface area contributed by atoms with Gasteiger partial charge in [0.2, 0.25) is 0 Å². The maximum absolute atomic E-state index is 12.2. The van der Waals surface area contributed by atoms with Crippen LogP contribution in [-0.2, 0) is 35.5 Å². The summed E-state index contributed by atoms with van der Waals surface area (Å²) >= 11 is 5.10. The van der Waals surface area contributed by atoms with E-state index in [9.17, 15) is 9.90 Å². The van der Waals surface area contributed by atoms with Crippen LogP contribution in [0.3, 0.4) is 0 Å². The molecule has 0 radical (unpaired) electrons. The van der Waals surface area contributed by atoms with Gasteiger partial charge in [0.15, 0.2) is 5.82 Å². The Labute approximate surface area is 159 Å². The molecule has 0 unspecified atom stereocenters. The molecule has 0 aliphatic carbocycles. The number of hydrogen-bond acceptors (Lipinski definition) is 7. The summed E-state index contributed by atoms with van der Waals surface area (Å²) in [5, 5.41) is 25.1. The van der Waals surface area contributed by atoms with Crippen molar-refractivity contribution in [2.24, 2.45) is 5.10 Å². The standard InChI is InChI=1S/C16H16N4O3S.Ni/c1-3-4-13-18-19-16(24)20(13)17-8-11-12(21)6-5-10-9(2)7-14(22)23-15(10)11;/h5-8,21H,3-4H2,1-2H3,(H,19,24);/q;+2/p-2/b17-8+;. The van der Waals surface area contributed by atoms with E-state index < -0.39 is 5.63 Å². The zero-order valence-electron chi connectivity index (χ0n) is 13.5. The molecule has 0 saturated heterocycles. The SMILES string of the molecule is CCCc1nnc([S-])n1/N=C/c1c([O-])ccc2c(C)cc(=O)oc12.[Ni+2]. The number of rotatable bonds is 4. The Balaban J connectivity index is 0.00000225. The van der Waals surface area contributed by atoms with E-state index in [0.29, 0.717) is 17.6 Å². The molecular formula is C16H14N4NiO3S. The van der Waals surface area contributed by atoms with Crippen molar-refractivity contribution in [2.75, 3.05) is 0 Å². The Bertz CT molecular complexity index is 997. The van der Waals surface area contributed by atoms with Gasteiger partial charge in [-0.1, -0.05) is 24.8 Å². The molecule has 0 atom stereocenters. The first-order valence-electron chi connectivity index (χ1n) is 7.41. The Morgan fingerprint density at radius 1 is 1.40 bits per heavy atom. The summed E-state index contributed by atoms with van der Waals surface area (Å²) in [6, 6.07) is 4.44. The van der Waals surface area contributed by atoms with Gasteiger partial charge in [0, 0.05) is 28.6 Å². The second-order valence-electron chi connectivity index (χ2n) is 5.31. The minimum Gasteiger partial charge on any atom is -0.872 e. The predicted octanol–water partition coefficient (Wildman–Crippen LogP) is 1.50. The molecule has 0 fully saturated rings. The molecule has 3 rings (SSSR count). The second kappa shape index (κ2) is 7.76. The van der Waals surface area contributed by atoms with Crippen LogP contribution in [0.25, 0.3) is 11.0 Å². The minimum atomic E-state index is -0.514. The number of aromatic nitrogens is 3. The predicted molar refractivity (Wildman–Crippen MR) is 89.3 cm³/mol. The van der Waals surface area contributed by atoms with Crippen molar-refractivity contribution in [3.8, 4) is 5.75 Å². The molecule has 0 saturated carbocycles. The van der Waals surface area contributed by atoms with Crippen molar-refractivity contribution >= 4 is 29.8 Å². The summed E-state index contributed by atoms with van der Waals surface area (Å²) in [5.41, 5.74) is 0.627. The monoisotopic (exact) mass is 400 g/mol. The Hall–Kier alpha value is -2.25. The molecule has 7 nitrogen and oxygen atoms in total. The first-order chi connectivity index (χ1) is 11.5. The Kier molecular flexibility index (Phi) is 5.92. The van der Waals surface area contributed by atoms with E-state index >= 15 is 0 Å². The number of fused-ring (bicyclic) bond motifs is 1. The van der Waals surface area contributed by atoms with Crippen LogP contribution in [0.1, 0.15) is 30.3 Å². The fraction of sp³-hybridized carbons (Fsp3) is 0.250. The number of aryl methyl sites for hydroxylation is 2. The number of benzene rings is 1. The molecule has 1 aromatic carbocycles. The van der Waals surface area contributed by atoms with Gasteiger partial charge >= 0.3 is 22.1 Å². The maximum Gasteiger partial charge on any atom is 2.00 e. The van der Waals surface area contributed by atoms with Gasteiger partial charge in [0.05, 0.1) is 6.21 Å². The van der Waals surface area contributed by atoms with E-state index in [4.69, 9.17) is 17.0 Å². The zero-order chi connectivity index (χ0) is 17.3. The van der Waals surface area contributed by atoms with Gasteiger partial charge < -0.3 is 22.2 Å². The Morgan fingerprint density at radius 2 is 2.16 bits per heavy atom. The van der Waals surface area contributed by atoms with Gasteiger partial charge in [-0.25, -0.2) is 9.47 Å². The fourth-order valence-electron chi connectivity index (χ4n) is 2.42. The molecule has 0 amide bonds. The summed E-state index contributed by atoms with van der Waals surface area (Å²) in [6.45, 7) is 3.79. The number of hydrogen-bond donors (Lipinski definition) is 0. The van der Waals surface area contributed by atoms with Crippen molar-refractivity contribution in [2.45, 2.75) is 31.8 Å². The van der Waals surface area contributed by atoms with Crippen molar-refractivity contribution in [1.29, 1.82) is 0 Å². The van der Waals surface area contributed by atoms with Crippen LogP contribution >= 0.6 is 0 Å². The van der Waals surface area contributed by atoms with E-state index in [1.165, 1.54) is 23.0 Å². The van der Waals surface area contributed by atoms with Crippen molar-refractivity contribution in [3.05, 3.63) is 45.6 Å². The van der Waals surface area contributed by atoms with E-state index in [2.05, 4.69) is 15.3 Å². The first-order valence-corrected chi connectivity index (χ1v) is 7.82. The second-order valence-corrected chi connectivity index (χ2v) is 5.67. The van der Waals surface area contributed by atoms with Gasteiger partial charge in [0.25, 0.3) is 0 Å². The smallest absolute Gasteiger partial charge is 0.872 e. The number of nitrogens with zero attached hydrogens (tertiary/aromatic N) is 4. The van der Waals surface area contributed by atoms with Crippen molar-refractivity contribution in [1.82, 2.24) is 14.9 Å². The molecule has 2 heterocycles. The van der Waals surface area contributed by atoms with Crippen LogP contribution in [0, 0.1) is 6.92 Å². The van der Waals surface area contributed by atoms with E-state index in [1.54, 1.807) is 13.0 Å². The molecule has 0 bridgehead atoms. The van der Waals surface area contributed by atoms with E-state index in [-0.39, 0.29) is 38.5 Å². The summed E-state index contributed by atoms with van der Waals surface area (Å²) in [7, 11) is 0. The summed E-state index contributed by atoms with van der Waals surface area (Å²) in [6.07, 6.45) is 2.86. The summed E-state index contributed by atoms with van der Waals surface area (Å²) in [4.78, 5) is 11.6. The molecule has 132 valence electrons. The average Bonchev–Trinajstić information content (AvgIpc) is 2.87. The zero-order valence-corrected chi connectivity index (χ0v) is 15.3. The third-order valence-corrected chi connectivity index (χ3v) is 3.83. The molecule has 0 aliphatic heterocycles. The van der Waals surface area contributed by atoms with Gasteiger partial charge in [-0.2, -0.15) is 10.2 Å². The molecule has 0 spiro atoms. The minimum absolute atomic E-state index is 0. The largest absolute Gasteiger partial charge is 2.00 e. The van der Waals surface area contributed by atoms with Crippen LogP contribution in [0.4, 0.5) is 0 Å². The summed E-state index contributed by atoms with van der Waals surface area (Å²) < 4.78 is 6.63. The van der Waals surface area contributed by atoms with E-state index in [0.717, 1.165) is 12.0 Å².